The molecule has 98 valence electrons. The molecular formula is C12H14BrFN2O2. The minimum atomic E-state index is -0.542. The van der Waals surface area contributed by atoms with Gasteiger partial charge in [0.1, 0.15) is 5.82 Å². The predicted molar refractivity (Wildman–Crippen MR) is 69.8 cm³/mol. The maximum atomic E-state index is 13.2. The van der Waals surface area contributed by atoms with E-state index in [1.165, 1.54) is 12.1 Å². The van der Waals surface area contributed by atoms with E-state index in [4.69, 9.17) is 10.5 Å². The van der Waals surface area contributed by atoms with Crippen LogP contribution in [0.25, 0.3) is 0 Å². The number of hydrogen-bond donors (Lipinski definition) is 2. The molecule has 0 aliphatic carbocycles. The molecule has 6 heteroatoms. The number of benzene rings is 1. The summed E-state index contributed by atoms with van der Waals surface area (Å²) in [6, 6.07) is 2.53. The van der Waals surface area contributed by atoms with Crippen LogP contribution in [0.2, 0.25) is 0 Å². The number of ether oxygens (including phenoxy) is 1. The molecule has 1 aromatic carbocycles. The van der Waals surface area contributed by atoms with Crippen molar-refractivity contribution in [3.63, 3.8) is 0 Å². The quantitative estimate of drug-likeness (QED) is 0.821. The maximum Gasteiger partial charge on any atom is 0.252 e. The van der Waals surface area contributed by atoms with Gasteiger partial charge in [-0.25, -0.2) is 4.39 Å². The van der Waals surface area contributed by atoms with Crippen LogP contribution in [0.4, 0.5) is 10.1 Å². The number of amides is 1. The van der Waals surface area contributed by atoms with Gasteiger partial charge >= 0.3 is 0 Å². The molecule has 1 saturated heterocycles. The lowest BCUT2D eigenvalue weighted by atomic mass is 10.1. The number of carbonyl (C=O) groups is 1. The number of halogens is 2. The number of hydrogen-bond acceptors (Lipinski definition) is 3. The molecule has 0 radical (unpaired) electrons. The van der Waals surface area contributed by atoms with Crippen LogP contribution in [0, 0.1) is 5.82 Å². The molecule has 0 aromatic heterocycles. The molecule has 1 heterocycles. The predicted octanol–water partition coefficient (Wildman–Crippen LogP) is 2.08. The van der Waals surface area contributed by atoms with E-state index >= 15 is 0 Å². The Kier molecular flexibility index (Phi) is 4.19. The molecule has 1 amide bonds. The maximum absolute atomic E-state index is 13.2. The van der Waals surface area contributed by atoms with Crippen LogP contribution in [0.5, 0.6) is 0 Å². The molecule has 1 aromatic rings. The van der Waals surface area contributed by atoms with Crippen molar-refractivity contribution in [2.75, 3.05) is 18.9 Å². The Bertz CT molecular complexity index is 462. The van der Waals surface area contributed by atoms with Gasteiger partial charge in [0.05, 0.1) is 23.9 Å². The Morgan fingerprint density at radius 3 is 3.00 bits per heavy atom. The molecule has 3 N–H and O–H groups in total. The van der Waals surface area contributed by atoms with E-state index in [1.54, 1.807) is 0 Å². The molecule has 0 bridgehead atoms. The van der Waals surface area contributed by atoms with Gasteiger partial charge in [0.2, 0.25) is 0 Å². The molecule has 4 nitrogen and oxygen atoms in total. The summed E-state index contributed by atoms with van der Waals surface area (Å²) in [5.74, 6) is -0.816. The van der Waals surface area contributed by atoms with Crippen molar-refractivity contribution in [2.24, 2.45) is 0 Å². The van der Waals surface area contributed by atoms with E-state index in [-0.39, 0.29) is 17.6 Å². The second-order valence-corrected chi connectivity index (χ2v) is 5.10. The fraction of sp³-hybridized carbons (Fsp3) is 0.417. The highest BCUT2D eigenvalue weighted by Gasteiger charge is 2.19. The number of nitrogens with one attached hydrogen (secondary N) is 1. The van der Waals surface area contributed by atoms with Crippen LogP contribution in [0.15, 0.2) is 16.6 Å². The van der Waals surface area contributed by atoms with Crippen LogP contribution in [0.3, 0.4) is 0 Å². The highest BCUT2D eigenvalue weighted by atomic mass is 79.9. The molecule has 1 aliphatic heterocycles. The van der Waals surface area contributed by atoms with E-state index in [2.05, 4.69) is 21.2 Å². The van der Waals surface area contributed by atoms with Crippen LogP contribution in [-0.4, -0.2) is 25.2 Å². The van der Waals surface area contributed by atoms with Crippen LogP contribution in [-0.2, 0) is 4.74 Å². The van der Waals surface area contributed by atoms with Gasteiger partial charge in [-0.1, -0.05) is 0 Å². The first-order valence-corrected chi connectivity index (χ1v) is 6.50. The summed E-state index contributed by atoms with van der Waals surface area (Å²) in [6.45, 7) is 1.25. The standard InChI is InChI=1S/C12H14BrFN2O2/c13-9-5-10(14)11(15)4-8(9)12(17)16-7-2-1-3-18-6-7/h4-5,7H,1-3,6,15H2,(H,16,17). The van der Waals surface area contributed by atoms with Crippen molar-refractivity contribution < 1.29 is 13.9 Å². The van der Waals surface area contributed by atoms with Gasteiger partial charge in [-0.15, -0.1) is 0 Å². The van der Waals surface area contributed by atoms with Gasteiger partial charge in [0.25, 0.3) is 5.91 Å². The van der Waals surface area contributed by atoms with Crippen molar-refractivity contribution in [1.82, 2.24) is 5.32 Å². The van der Waals surface area contributed by atoms with Crippen LogP contribution >= 0.6 is 15.9 Å². The average molecular weight is 317 g/mol. The average Bonchev–Trinajstić information content (AvgIpc) is 2.35. The van der Waals surface area contributed by atoms with Crippen molar-refractivity contribution >= 4 is 27.5 Å². The Labute approximate surface area is 113 Å². The highest BCUT2D eigenvalue weighted by molar-refractivity contribution is 9.10. The van der Waals surface area contributed by atoms with Crippen LogP contribution < -0.4 is 11.1 Å². The summed E-state index contributed by atoms with van der Waals surface area (Å²) in [5, 5.41) is 2.85. The zero-order valence-corrected chi connectivity index (χ0v) is 11.3. The number of carbonyl (C=O) groups excluding carboxylic acids is 1. The van der Waals surface area contributed by atoms with Gasteiger partial charge in [0.15, 0.2) is 0 Å². The van der Waals surface area contributed by atoms with Gasteiger partial charge in [-0.05, 0) is 40.9 Å². The van der Waals surface area contributed by atoms with Gasteiger partial charge in [-0.3, -0.25) is 4.79 Å². The number of anilines is 1. The Balaban J connectivity index is 2.10. The minimum Gasteiger partial charge on any atom is -0.396 e. The topological polar surface area (TPSA) is 64.4 Å². The molecule has 1 fully saturated rings. The summed E-state index contributed by atoms with van der Waals surface area (Å²) in [5.41, 5.74) is 5.75. The fourth-order valence-electron chi connectivity index (χ4n) is 1.86. The van der Waals surface area contributed by atoms with Crippen molar-refractivity contribution in [3.8, 4) is 0 Å². The monoisotopic (exact) mass is 316 g/mol. The number of nitrogens with two attached hydrogens (primary N) is 1. The Hall–Kier alpha value is -1.14. The number of nitrogen functional groups attached to an aromatic ring is 1. The molecule has 1 unspecified atom stereocenters. The summed E-state index contributed by atoms with van der Waals surface area (Å²) in [6.07, 6.45) is 1.82. The zero-order valence-electron chi connectivity index (χ0n) is 9.71. The molecular weight excluding hydrogens is 303 g/mol. The third-order valence-corrected chi connectivity index (χ3v) is 3.48. The molecule has 1 atom stereocenters. The van der Waals surface area contributed by atoms with Crippen LogP contribution in [0.1, 0.15) is 23.2 Å². The molecule has 2 rings (SSSR count). The lowest BCUT2D eigenvalue weighted by molar-refractivity contribution is 0.0624. The van der Waals surface area contributed by atoms with Gasteiger partial charge in [-0.2, -0.15) is 0 Å². The van der Waals surface area contributed by atoms with Crippen molar-refractivity contribution in [3.05, 3.63) is 28.0 Å². The van der Waals surface area contributed by atoms with E-state index in [1.807, 2.05) is 0 Å². The lowest BCUT2D eigenvalue weighted by Gasteiger charge is -2.23. The SMILES string of the molecule is Nc1cc(C(=O)NC2CCCOC2)c(Br)cc1F. The second-order valence-electron chi connectivity index (χ2n) is 4.24. The summed E-state index contributed by atoms with van der Waals surface area (Å²) < 4.78 is 18.8. The normalized spacial score (nSPS) is 19.6. The lowest BCUT2D eigenvalue weighted by Crippen LogP contribution is -2.40. The first-order valence-electron chi connectivity index (χ1n) is 5.71. The third-order valence-electron chi connectivity index (χ3n) is 2.83. The Morgan fingerprint density at radius 1 is 1.56 bits per heavy atom. The third kappa shape index (κ3) is 3.00. The smallest absolute Gasteiger partial charge is 0.252 e. The summed E-state index contributed by atoms with van der Waals surface area (Å²) >= 11 is 3.16. The van der Waals surface area contributed by atoms with Crippen molar-refractivity contribution in [1.29, 1.82) is 0 Å². The molecule has 1 aliphatic rings. The summed E-state index contributed by atoms with van der Waals surface area (Å²) in [4.78, 5) is 12.0. The van der Waals surface area contributed by atoms with E-state index in [9.17, 15) is 9.18 Å². The van der Waals surface area contributed by atoms with E-state index in [0.29, 0.717) is 16.6 Å². The largest absolute Gasteiger partial charge is 0.396 e. The first kappa shape index (κ1) is 13.3. The second kappa shape index (κ2) is 5.67. The van der Waals surface area contributed by atoms with E-state index in [0.717, 1.165) is 19.4 Å². The highest BCUT2D eigenvalue weighted by Crippen LogP contribution is 2.23. The summed E-state index contributed by atoms with van der Waals surface area (Å²) in [7, 11) is 0. The van der Waals surface area contributed by atoms with Gasteiger partial charge < -0.3 is 15.8 Å². The van der Waals surface area contributed by atoms with E-state index < -0.39 is 5.82 Å². The molecule has 18 heavy (non-hydrogen) atoms. The zero-order chi connectivity index (χ0) is 13.1. The molecule has 0 spiro atoms. The van der Waals surface area contributed by atoms with Crippen molar-refractivity contribution in [2.45, 2.75) is 18.9 Å². The number of rotatable bonds is 2. The minimum absolute atomic E-state index is 0.00410. The first-order chi connectivity index (χ1) is 8.58. The fourth-order valence-corrected chi connectivity index (χ4v) is 2.35. The molecule has 0 saturated carbocycles. The Morgan fingerprint density at radius 2 is 2.33 bits per heavy atom. The van der Waals surface area contributed by atoms with Gasteiger partial charge in [0, 0.05) is 11.1 Å².